The highest BCUT2D eigenvalue weighted by Crippen LogP contribution is 2.43. The van der Waals surface area contributed by atoms with Gasteiger partial charge in [0.1, 0.15) is 5.82 Å². The van der Waals surface area contributed by atoms with Gasteiger partial charge in [0.15, 0.2) is 5.60 Å². The lowest BCUT2D eigenvalue weighted by Crippen LogP contribution is -2.53. The summed E-state index contributed by atoms with van der Waals surface area (Å²) in [5.74, 6) is -0.680. The van der Waals surface area contributed by atoms with E-state index in [-0.39, 0.29) is 12.5 Å². The molecule has 1 aromatic heterocycles. The van der Waals surface area contributed by atoms with Gasteiger partial charge in [-0.3, -0.25) is 15.2 Å². The van der Waals surface area contributed by atoms with Crippen molar-refractivity contribution >= 4 is 17.7 Å². The molecule has 7 nitrogen and oxygen atoms in total. The van der Waals surface area contributed by atoms with E-state index in [1.54, 1.807) is 11.0 Å². The van der Waals surface area contributed by atoms with E-state index in [1.807, 2.05) is 0 Å². The minimum absolute atomic E-state index is 0.109. The SMILES string of the molecule is O=C1Nc2cccc(F)c2C2(CCCN(C(=O)c3cn[nH]c3)C2)O1. The second-order valence-electron chi connectivity index (χ2n) is 5.99. The van der Waals surface area contributed by atoms with Gasteiger partial charge in [0, 0.05) is 12.7 Å². The van der Waals surface area contributed by atoms with E-state index in [9.17, 15) is 14.0 Å². The molecule has 1 spiro atoms. The number of nitrogens with zero attached hydrogens (tertiary/aromatic N) is 2. The summed E-state index contributed by atoms with van der Waals surface area (Å²) in [6, 6.07) is 4.50. The summed E-state index contributed by atoms with van der Waals surface area (Å²) in [4.78, 5) is 26.1. The first kappa shape index (κ1) is 14.7. The van der Waals surface area contributed by atoms with Gasteiger partial charge in [0.2, 0.25) is 0 Å². The highest BCUT2D eigenvalue weighted by molar-refractivity contribution is 5.94. The number of amides is 2. The molecular formula is C16H15FN4O3. The van der Waals surface area contributed by atoms with Gasteiger partial charge in [-0.15, -0.1) is 0 Å². The van der Waals surface area contributed by atoms with Crippen molar-refractivity contribution in [1.29, 1.82) is 0 Å². The van der Waals surface area contributed by atoms with E-state index in [2.05, 4.69) is 15.5 Å². The number of hydrogen-bond donors (Lipinski definition) is 2. The van der Waals surface area contributed by atoms with Crippen molar-refractivity contribution < 1.29 is 18.7 Å². The Hall–Kier alpha value is -2.90. The van der Waals surface area contributed by atoms with Crippen LogP contribution in [-0.2, 0) is 10.3 Å². The van der Waals surface area contributed by atoms with Gasteiger partial charge in [-0.25, -0.2) is 9.18 Å². The summed E-state index contributed by atoms with van der Waals surface area (Å²) in [7, 11) is 0. The van der Waals surface area contributed by atoms with Crippen molar-refractivity contribution in [2.24, 2.45) is 0 Å². The molecule has 8 heteroatoms. The molecule has 1 saturated heterocycles. The fourth-order valence-electron chi connectivity index (χ4n) is 3.49. The number of ether oxygens (including phenoxy) is 1. The predicted molar refractivity (Wildman–Crippen MR) is 81.9 cm³/mol. The van der Waals surface area contributed by atoms with Gasteiger partial charge in [-0.2, -0.15) is 5.10 Å². The van der Waals surface area contributed by atoms with Gasteiger partial charge in [-0.05, 0) is 25.0 Å². The Kier molecular flexibility index (Phi) is 3.26. The fraction of sp³-hybridized carbons (Fsp3) is 0.312. The van der Waals surface area contributed by atoms with Crippen molar-refractivity contribution in [3.05, 3.63) is 47.5 Å². The van der Waals surface area contributed by atoms with Crippen LogP contribution < -0.4 is 5.32 Å². The number of aromatic nitrogens is 2. The van der Waals surface area contributed by atoms with Crippen LogP contribution in [0, 0.1) is 5.82 Å². The summed E-state index contributed by atoms with van der Waals surface area (Å²) in [6.45, 7) is 0.624. The van der Waals surface area contributed by atoms with Crippen molar-refractivity contribution in [2.45, 2.75) is 18.4 Å². The van der Waals surface area contributed by atoms with E-state index in [1.165, 1.54) is 24.5 Å². The first-order valence-corrected chi connectivity index (χ1v) is 7.66. The lowest BCUT2D eigenvalue weighted by molar-refractivity contribution is -0.0418. The highest BCUT2D eigenvalue weighted by atomic mass is 19.1. The maximum atomic E-state index is 14.5. The average Bonchev–Trinajstić information content (AvgIpc) is 3.08. The molecule has 0 aliphatic carbocycles. The first-order valence-electron chi connectivity index (χ1n) is 7.66. The fourth-order valence-corrected chi connectivity index (χ4v) is 3.49. The number of anilines is 1. The summed E-state index contributed by atoms with van der Waals surface area (Å²) >= 11 is 0. The topological polar surface area (TPSA) is 87.3 Å². The molecule has 1 aromatic carbocycles. The first-order chi connectivity index (χ1) is 11.6. The molecule has 0 radical (unpaired) electrons. The number of H-pyrrole nitrogens is 1. The standard InChI is InChI=1S/C16H15FN4O3/c17-11-3-1-4-12-13(11)16(24-15(23)20-12)5-2-6-21(9-16)14(22)10-7-18-19-8-10/h1,3-4,7-8H,2,5-6,9H2,(H,18,19)(H,20,23). The van der Waals surface area contributed by atoms with Crippen LogP contribution in [0.15, 0.2) is 30.6 Å². The molecular weight excluding hydrogens is 315 g/mol. The lowest BCUT2D eigenvalue weighted by Gasteiger charge is -2.45. The number of fused-ring (bicyclic) bond motifs is 2. The predicted octanol–water partition coefficient (Wildman–Crippen LogP) is 2.24. The van der Waals surface area contributed by atoms with Crippen molar-refractivity contribution in [3.63, 3.8) is 0 Å². The van der Waals surface area contributed by atoms with Gasteiger partial charge < -0.3 is 9.64 Å². The van der Waals surface area contributed by atoms with Crippen molar-refractivity contribution in [1.82, 2.24) is 15.1 Å². The number of carbonyl (C=O) groups is 2. The Bertz CT molecular complexity index is 808. The number of hydrogen-bond acceptors (Lipinski definition) is 4. The van der Waals surface area contributed by atoms with E-state index < -0.39 is 17.5 Å². The van der Waals surface area contributed by atoms with Crippen molar-refractivity contribution in [2.75, 3.05) is 18.4 Å². The zero-order valence-corrected chi connectivity index (χ0v) is 12.7. The lowest BCUT2D eigenvalue weighted by atomic mass is 9.83. The van der Waals surface area contributed by atoms with Crippen LogP contribution in [0.3, 0.4) is 0 Å². The van der Waals surface area contributed by atoms with Crippen LogP contribution in [0.25, 0.3) is 0 Å². The molecule has 2 amide bonds. The van der Waals surface area contributed by atoms with E-state index >= 15 is 0 Å². The molecule has 1 fully saturated rings. The average molecular weight is 330 g/mol. The van der Waals surface area contributed by atoms with E-state index in [4.69, 9.17) is 4.74 Å². The zero-order chi connectivity index (χ0) is 16.7. The number of piperidine rings is 1. The zero-order valence-electron chi connectivity index (χ0n) is 12.7. The molecule has 4 rings (SSSR count). The third-order valence-electron chi connectivity index (χ3n) is 4.48. The summed E-state index contributed by atoms with van der Waals surface area (Å²) in [6.07, 6.45) is 3.37. The molecule has 2 aliphatic rings. The molecule has 3 heterocycles. The molecule has 24 heavy (non-hydrogen) atoms. The number of likely N-dealkylation sites (tertiary alicyclic amines) is 1. The maximum Gasteiger partial charge on any atom is 0.412 e. The Balaban J connectivity index is 1.73. The van der Waals surface area contributed by atoms with Gasteiger partial charge >= 0.3 is 6.09 Å². The summed E-state index contributed by atoms with van der Waals surface area (Å²) in [5, 5.41) is 8.90. The third-order valence-corrected chi connectivity index (χ3v) is 4.48. The number of aromatic amines is 1. The Morgan fingerprint density at radius 3 is 3.08 bits per heavy atom. The normalized spacial score (nSPS) is 22.7. The molecule has 1 atom stereocenters. The second-order valence-corrected chi connectivity index (χ2v) is 5.99. The van der Waals surface area contributed by atoms with Crippen LogP contribution in [0.5, 0.6) is 0 Å². The quantitative estimate of drug-likeness (QED) is 0.839. The summed E-state index contributed by atoms with van der Waals surface area (Å²) in [5.41, 5.74) is -0.0556. The van der Waals surface area contributed by atoms with Gasteiger partial charge in [0.05, 0.1) is 29.6 Å². The highest BCUT2D eigenvalue weighted by Gasteiger charge is 2.48. The number of carbonyl (C=O) groups excluding carboxylic acids is 2. The second kappa shape index (κ2) is 5.33. The minimum atomic E-state index is -1.17. The molecule has 2 N–H and O–H groups in total. The van der Waals surface area contributed by atoms with E-state index in [0.29, 0.717) is 36.2 Å². The molecule has 2 aromatic rings. The maximum absolute atomic E-state index is 14.5. The Morgan fingerprint density at radius 2 is 2.29 bits per heavy atom. The van der Waals surface area contributed by atoms with Crippen molar-refractivity contribution in [3.8, 4) is 0 Å². The summed E-state index contributed by atoms with van der Waals surface area (Å²) < 4.78 is 20.0. The molecule has 0 bridgehead atoms. The smallest absolute Gasteiger partial charge is 0.412 e. The molecule has 1 unspecified atom stereocenters. The van der Waals surface area contributed by atoms with Crippen LogP contribution >= 0.6 is 0 Å². The largest absolute Gasteiger partial charge is 0.436 e. The molecule has 124 valence electrons. The number of rotatable bonds is 1. The number of benzene rings is 1. The minimum Gasteiger partial charge on any atom is -0.436 e. The Labute approximate surface area is 136 Å². The van der Waals surface area contributed by atoms with Crippen LogP contribution in [0.2, 0.25) is 0 Å². The van der Waals surface area contributed by atoms with Crippen LogP contribution in [0.1, 0.15) is 28.8 Å². The van der Waals surface area contributed by atoms with Crippen LogP contribution in [0.4, 0.5) is 14.9 Å². The van der Waals surface area contributed by atoms with Crippen LogP contribution in [-0.4, -0.2) is 40.2 Å². The monoisotopic (exact) mass is 330 g/mol. The van der Waals surface area contributed by atoms with E-state index in [0.717, 1.165) is 0 Å². The Morgan fingerprint density at radius 1 is 1.42 bits per heavy atom. The van der Waals surface area contributed by atoms with Gasteiger partial charge in [-0.1, -0.05) is 6.07 Å². The third kappa shape index (κ3) is 2.22. The number of halogens is 1. The molecule has 0 saturated carbocycles. The number of nitrogens with one attached hydrogen (secondary N) is 2. The molecule has 2 aliphatic heterocycles. The van der Waals surface area contributed by atoms with Gasteiger partial charge in [0.25, 0.3) is 5.91 Å².